The minimum atomic E-state index is -0.994. The fraction of sp³-hybridized carbons (Fsp3) is 0.0870. The highest BCUT2D eigenvalue weighted by Gasteiger charge is 2.14. The fourth-order valence-electron chi connectivity index (χ4n) is 2.62. The quantitative estimate of drug-likeness (QED) is 0.318. The van der Waals surface area contributed by atoms with Crippen molar-refractivity contribution < 1.29 is 23.5 Å². The molecule has 0 unspecified atom stereocenters. The zero-order valence-electron chi connectivity index (χ0n) is 17.0. The molecule has 0 saturated heterocycles. The number of hydrazone groups is 1. The predicted molar refractivity (Wildman–Crippen MR) is 120 cm³/mol. The lowest BCUT2D eigenvalue weighted by Crippen LogP contribution is -2.32. The van der Waals surface area contributed by atoms with Gasteiger partial charge in [0.25, 0.3) is 0 Å². The smallest absolute Gasteiger partial charge is 0.329 e. The van der Waals surface area contributed by atoms with Gasteiger partial charge in [0.05, 0.1) is 18.3 Å². The Morgan fingerprint density at radius 3 is 2.47 bits per heavy atom. The number of hydrogen-bond acceptors (Lipinski definition) is 5. The Kier molecular flexibility index (Phi) is 7.77. The van der Waals surface area contributed by atoms with E-state index >= 15 is 0 Å². The number of carbonyl (C=O) groups excluding carboxylic acids is 2. The summed E-state index contributed by atoms with van der Waals surface area (Å²) >= 11 is 6.33. The first-order chi connectivity index (χ1) is 15.5. The van der Waals surface area contributed by atoms with Crippen LogP contribution in [0.15, 0.2) is 71.8 Å². The molecule has 0 atom stereocenters. The molecule has 7 nitrogen and oxygen atoms in total. The van der Waals surface area contributed by atoms with E-state index < -0.39 is 17.6 Å². The van der Waals surface area contributed by atoms with Crippen molar-refractivity contribution in [1.82, 2.24) is 5.43 Å². The number of rotatable bonds is 7. The highest BCUT2D eigenvalue weighted by atomic mass is 35.5. The van der Waals surface area contributed by atoms with Gasteiger partial charge >= 0.3 is 11.8 Å². The zero-order valence-corrected chi connectivity index (χ0v) is 17.7. The Bertz CT molecular complexity index is 1120. The van der Waals surface area contributed by atoms with Gasteiger partial charge in [0, 0.05) is 5.69 Å². The van der Waals surface area contributed by atoms with E-state index in [0.29, 0.717) is 28.7 Å². The molecule has 0 heterocycles. The first-order valence-corrected chi connectivity index (χ1v) is 9.78. The van der Waals surface area contributed by atoms with Gasteiger partial charge in [0.1, 0.15) is 12.4 Å². The summed E-state index contributed by atoms with van der Waals surface area (Å²) < 4.78 is 24.0. The van der Waals surface area contributed by atoms with E-state index in [1.165, 1.54) is 25.5 Å². The van der Waals surface area contributed by atoms with Gasteiger partial charge in [-0.15, -0.1) is 0 Å². The molecule has 2 N–H and O–H groups in total. The number of nitrogens with one attached hydrogen (secondary N) is 2. The molecule has 3 aromatic carbocycles. The van der Waals surface area contributed by atoms with Gasteiger partial charge in [-0.2, -0.15) is 5.10 Å². The summed E-state index contributed by atoms with van der Waals surface area (Å²) in [5.74, 6) is -1.64. The van der Waals surface area contributed by atoms with Crippen molar-refractivity contribution >= 4 is 35.3 Å². The van der Waals surface area contributed by atoms with Gasteiger partial charge in [-0.05, 0) is 47.5 Å². The maximum absolute atomic E-state index is 12.9. The summed E-state index contributed by atoms with van der Waals surface area (Å²) in [5, 5.41) is 6.38. The molecule has 0 saturated carbocycles. The first kappa shape index (κ1) is 22.8. The molecule has 3 aromatic rings. The molecular formula is C23H19ClFN3O4. The van der Waals surface area contributed by atoms with Crippen LogP contribution < -0.4 is 20.2 Å². The lowest BCUT2D eigenvalue weighted by Gasteiger charge is -2.13. The van der Waals surface area contributed by atoms with E-state index in [0.717, 1.165) is 17.7 Å². The van der Waals surface area contributed by atoms with Gasteiger partial charge in [-0.25, -0.2) is 9.82 Å². The summed E-state index contributed by atoms with van der Waals surface area (Å²) in [6.07, 6.45) is 1.30. The third-order valence-corrected chi connectivity index (χ3v) is 4.45. The van der Waals surface area contributed by atoms with Crippen LogP contribution in [0.3, 0.4) is 0 Å². The Morgan fingerprint density at radius 1 is 1.06 bits per heavy atom. The highest BCUT2D eigenvalue weighted by molar-refractivity contribution is 6.39. The van der Waals surface area contributed by atoms with Crippen molar-refractivity contribution in [2.45, 2.75) is 6.61 Å². The number of ether oxygens (including phenoxy) is 2. The minimum Gasteiger partial charge on any atom is -0.493 e. The Morgan fingerprint density at radius 2 is 1.78 bits per heavy atom. The SMILES string of the molecule is COc1cc(/C=N\NC(=O)C(=O)Nc2ccc(F)cc2)cc(Cl)c1OCc1ccccc1. The fourth-order valence-corrected chi connectivity index (χ4v) is 2.90. The molecule has 32 heavy (non-hydrogen) atoms. The molecule has 0 spiro atoms. The van der Waals surface area contributed by atoms with E-state index in [4.69, 9.17) is 21.1 Å². The average molecular weight is 456 g/mol. The maximum Gasteiger partial charge on any atom is 0.329 e. The van der Waals surface area contributed by atoms with Crippen LogP contribution in [0.25, 0.3) is 0 Å². The number of carbonyl (C=O) groups is 2. The Labute approximate surface area is 188 Å². The second-order valence-corrected chi connectivity index (χ2v) is 6.88. The highest BCUT2D eigenvalue weighted by Crippen LogP contribution is 2.36. The molecular weight excluding hydrogens is 437 g/mol. The van der Waals surface area contributed by atoms with E-state index in [1.807, 2.05) is 30.3 Å². The molecule has 3 rings (SSSR count). The molecule has 164 valence electrons. The van der Waals surface area contributed by atoms with Crippen LogP contribution in [0.1, 0.15) is 11.1 Å². The van der Waals surface area contributed by atoms with Crippen LogP contribution in [0.2, 0.25) is 5.02 Å². The van der Waals surface area contributed by atoms with Crippen LogP contribution in [0, 0.1) is 5.82 Å². The van der Waals surface area contributed by atoms with Crippen LogP contribution in [-0.4, -0.2) is 25.1 Å². The van der Waals surface area contributed by atoms with Gasteiger partial charge < -0.3 is 14.8 Å². The molecule has 9 heteroatoms. The second-order valence-electron chi connectivity index (χ2n) is 6.47. The summed E-state index contributed by atoms with van der Waals surface area (Å²) in [6.45, 7) is 0.309. The van der Waals surface area contributed by atoms with Gasteiger partial charge in [-0.1, -0.05) is 41.9 Å². The lowest BCUT2D eigenvalue weighted by molar-refractivity contribution is -0.136. The first-order valence-electron chi connectivity index (χ1n) is 9.40. The molecule has 0 aliphatic rings. The van der Waals surface area contributed by atoms with Crippen LogP contribution >= 0.6 is 11.6 Å². The predicted octanol–water partition coefficient (Wildman–Crippen LogP) is 4.16. The second kappa shape index (κ2) is 10.9. The molecule has 2 amide bonds. The lowest BCUT2D eigenvalue weighted by atomic mass is 10.2. The number of hydrogen-bond donors (Lipinski definition) is 2. The van der Waals surface area contributed by atoms with Crippen LogP contribution in [0.4, 0.5) is 10.1 Å². The van der Waals surface area contributed by atoms with E-state index in [1.54, 1.807) is 12.1 Å². The van der Waals surface area contributed by atoms with Gasteiger partial charge in [-0.3, -0.25) is 9.59 Å². The Hall–Kier alpha value is -3.91. The van der Waals surface area contributed by atoms with Crippen LogP contribution in [-0.2, 0) is 16.2 Å². The van der Waals surface area contributed by atoms with Crippen molar-refractivity contribution in [3.63, 3.8) is 0 Å². The van der Waals surface area contributed by atoms with Crippen molar-refractivity contribution in [2.24, 2.45) is 5.10 Å². The van der Waals surface area contributed by atoms with E-state index in [-0.39, 0.29) is 5.69 Å². The van der Waals surface area contributed by atoms with Crippen LogP contribution in [0.5, 0.6) is 11.5 Å². The third-order valence-electron chi connectivity index (χ3n) is 4.17. The Balaban J connectivity index is 1.61. The number of methoxy groups -OCH3 is 1. The number of amides is 2. The van der Waals surface area contributed by atoms with Crippen molar-refractivity contribution in [1.29, 1.82) is 0 Å². The summed E-state index contributed by atoms with van der Waals surface area (Å²) in [4.78, 5) is 23.8. The molecule has 0 aromatic heterocycles. The number of benzene rings is 3. The molecule has 0 radical (unpaired) electrons. The summed E-state index contributed by atoms with van der Waals surface area (Å²) in [6, 6.07) is 17.8. The minimum absolute atomic E-state index is 0.276. The monoisotopic (exact) mass is 455 g/mol. The van der Waals surface area contributed by atoms with Crippen molar-refractivity contribution in [3.05, 3.63) is 88.7 Å². The zero-order chi connectivity index (χ0) is 22.9. The largest absolute Gasteiger partial charge is 0.493 e. The van der Waals surface area contributed by atoms with Crippen molar-refractivity contribution in [2.75, 3.05) is 12.4 Å². The number of anilines is 1. The normalized spacial score (nSPS) is 10.6. The standard InChI is InChI=1S/C23H19ClFN3O4/c1-31-20-12-16(11-19(24)21(20)32-14-15-5-3-2-4-6-15)13-26-28-23(30)22(29)27-18-9-7-17(25)8-10-18/h2-13H,14H2,1H3,(H,27,29)(H,28,30)/b26-13-. The van der Waals surface area contributed by atoms with Gasteiger partial charge in [0.2, 0.25) is 0 Å². The summed E-state index contributed by atoms with van der Waals surface area (Å²) in [7, 11) is 1.48. The summed E-state index contributed by atoms with van der Waals surface area (Å²) in [5.41, 5.74) is 3.87. The molecule has 0 bridgehead atoms. The van der Waals surface area contributed by atoms with Gasteiger partial charge in [0.15, 0.2) is 11.5 Å². The van der Waals surface area contributed by atoms with Crippen molar-refractivity contribution in [3.8, 4) is 11.5 Å². The third kappa shape index (κ3) is 6.29. The van der Waals surface area contributed by atoms with E-state index in [9.17, 15) is 14.0 Å². The molecule has 0 aliphatic heterocycles. The average Bonchev–Trinajstić information content (AvgIpc) is 2.80. The number of halogens is 2. The maximum atomic E-state index is 12.9. The molecule has 0 aliphatic carbocycles. The van der Waals surface area contributed by atoms with E-state index in [2.05, 4.69) is 15.8 Å². The number of nitrogens with zero attached hydrogens (tertiary/aromatic N) is 1. The topological polar surface area (TPSA) is 89.0 Å². The molecule has 0 fully saturated rings.